The summed E-state index contributed by atoms with van der Waals surface area (Å²) in [6.45, 7) is 3.18. The molecule has 2 rings (SSSR count). The van der Waals surface area contributed by atoms with Crippen molar-refractivity contribution in [2.75, 3.05) is 19.7 Å². The third-order valence-corrected chi connectivity index (χ3v) is 4.25. The fourth-order valence-electron chi connectivity index (χ4n) is 2.17. The van der Waals surface area contributed by atoms with E-state index in [1.165, 1.54) is 0 Å². The summed E-state index contributed by atoms with van der Waals surface area (Å²) in [6.07, 6.45) is -0.456. The lowest BCUT2D eigenvalue weighted by Crippen LogP contribution is -2.47. The molecule has 5 nitrogen and oxygen atoms in total. The first-order chi connectivity index (χ1) is 9.08. The van der Waals surface area contributed by atoms with E-state index in [0.717, 1.165) is 4.88 Å². The van der Waals surface area contributed by atoms with Gasteiger partial charge in [-0.3, -0.25) is 9.59 Å². The van der Waals surface area contributed by atoms with Crippen LogP contribution in [0.4, 0.5) is 0 Å². The number of carboxylic acids is 1. The number of carboxylic acid groups (broad SMARTS) is 1. The van der Waals surface area contributed by atoms with Crippen LogP contribution >= 0.6 is 11.3 Å². The number of morpholine rings is 1. The Morgan fingerprint density at radius 3 is 3.05 bits per heavy atom. The summed E-state index contributed by atoms with van der Waals surface area (Å²) in [5, 5.41) is 10.7. The Hall–Kier alpha value is -1.40. The van der Waals surface area contributed by atoms with Crippen LogP contribution in [0.25, 0.3) is 0 Å². The minimum absolute atomic E-state index is 0.0427. The van der Waals surface area contributed by atoms with Gasteiger partial charge < -0.3 is 14.7 Å². The molecule has 1 saturated heterocycles. The van der Waals surface area contributed by atoms with E-state index in [2.05, 4.69) is 0 Å². The van der Waals surface area contributed by atoms with E-state index in [-0.39, 0.29) is 18.2 Å². The first kappa shape index (κ1) is 14.0. The zero-order chi connectivity index (χ0) is 13.8. The van der Waals surface area contributed by atoms with Gasteiger partial charge in [0.05, 0.1) is 25.0 Å². The Kier molecular flexibility index (Phi) is 4.55. The SMILES string of the molecule is C[C@@H](C(=O)N1CCO[C@@H](CC(=O)O)C1)c1cccs1. The zero-order valence-corrected chi connectivity index (χ0v) is 11.6. The number of rotatable bonds is 4. The second kappa shape index (κ2) is 6.16. The molecule has 1 amide bonds. The molecule has 2 atom stereocenters. The van der Waals surface area contributed by atoms with Crippen molar-refractivity contribution in [1.29, 1.82) is 0 Å². The predicted octanol–water partition coefficient (Wildman–Crippen LogP) is 1.55. The molecule has 0 bridgehead atoms. The number of ether oxygens (including phenoxy) is 1. The molecule has 1 aliphatic heterocycles. The van der Waals surface area contributed by atoms with Crippen LogP contribution in [0, 0.1) is 0 Å². The van der Waals surface area contributed by atoms with Crippen molar-refractivity contribution in [2.45, 2.75) is 25.4 Å². The number of carbonyl (C=O) groups excluding carboxylic acids is 1. The molecule has 1 fully saturated rings. The second-order valence-corrected chi connectivity index (χ2v) is 5.59. The highest BCUT2D eigenvalue weighted by molar-refractivity contribution is 7.10. The summed E-state index contributed by atoms with van der Waals surface area (Å²) in [5.41, 5.74) is 0. The van der Waals surface area contributed by atoms with Gasteiger partial charge in [-0.25, -0.2) is 0 Å². The Morgan fingerprint density at radius 1 is 1.63 bits per heavy atom. The summed E-state index contributed by atoms with van der Waals surface area (Å²) in [5.74, 6) is -1.03. The highest BCUT2D eigenvalue weighted by Gasteiger charge is 2.29. The number of hydrogen-bond donors (Lipinski definition) is 1. The van der Waals surface area contributed by atoms with Gasteiger partial charge >= 0.3 is 5.97 Å². The Labute approximate surface area is 115 Å². The fourth-order valence-corrected chi connectivity index (χ4v) is 2.95. The van der Waals surface area contributed by atoms with Crippen molar-refractivity contribution in [2.24, 2.45) is 0 Å². The van der Waals surface area contributed by atoms with Gasteiger partial charge in [0.15, 0.2) is 0 Å². The lowest BCUT2D eigenvalue weighted by atomic mass is 10.1. The van der Waals surface area contributed by atoms with Crippen molar-refractivity contribution in [1.82, 2.24) is 4.90 Å². The van der Waals surface area contributed by atoms with Crippen LogP contribution in [0.2, 0.25) is 0 Å². The van der Waals surface area contributed by atoms with E-state index in [4.69, 9.17) is 9.84 Å². The quantitative estimate of drug-likeness (QED) is 0.910. The average molecular weight is 283 g/mol. The molecule has 0 spiro atoms. The van der Waals surface area contributed by atoms with Crippen molar-refractivity contribution in [3.63, 3.8) is 0 Å². The van der Waals surface area contributed by atoms with Crippen molar-refractivity contribution >= 4 is 23.2 Å². The minimum Gasteiger partial charge on any atom is -0.481 e. The number of amides is 1. The normalized spacial score (nSPS) is 21.1. The van der Waals surface area contributed by atoms with E-state index < -0.39 is 12.1 Å². The number of thiophene rings is 1. The molecule has 0 unspecified atom stereocenters. The van der Waals surface area contributed by atoms with Gasteiger partial charge in [0.25, 0.3) is 0 Å². The highest BCUT2D eigenvalue weighted by Crippen LogP contribution is 2.24. The standard InChI is InChI=1S/C13H17NO4S/c1-9(11-3-2-6-19-11)13(17)14-4-5-18-10(8-14)7-12(15)16/h2-3,6,9-10H,4-5,7-8H2,1H3,(H,15,16)/t9-,10+/m1/s1. The lowest BCUT2D eigenvalue weighted by molar-refractivity contribution is -0.148. The van der Waals surface area contributed by atoms with E-state index in [1.54, 1.807) is 16.2 Å². The van der Waals surface area contributed by atoms with Crippen LogP contribution in [0.15, 0.2) is 17.5 Å². The maximum atomic E-state index is 12.4. The van der Waals surface area contributed by atoms with Gasteiger partial charge in [0.2, 0.25) is 5.91 Å². The van der Waals surface area contributed by atoms with Crippen LogP contribution in [-0.2, 0) is 14.3 Å². The van der Waals surface area contributed by atoms with Crippen molar-refractivity contribution in [3.8, 4) is 0 Å². The molecule has 0 saturated carbocycles. The maximum absolute atomic E-state index is 12.4. The summed E-state index contributed by atoms with van der Waals surface area (Å²) < 4.78 is 5.37. The largest absolute Gasteiger partial charge is 0.481 e. The number of aliphatic carboxylic acids is 1. The monoisotopic (exact) mass is 283 g/mol. The van der Waals surface area contributed by atoms with Gasteiger partial charge in [-0.1, -0.05) is 6.07 Å². The molecule has 1 aromatic heterocycles. The molecule has 6 heteroatoms. The maximum Gasteiger partial charge on any atom is 0.306 e. The predicted molar refractivity (Wildman–Crippen MR) is 71.3 cm³/mol. The van der Waals surface area contributed by atoms with Gasteiger partial charge in [0.1, 0.15) is 0 Å². The zero-order valence-electron chi connectivity index (χ0n) is 10.7. The van der Waals surface area contributed by atoms with Gasteiger partial charge in [-0.05, 0) is 18.4 Å². The number of nitrogens with zero attached hydrogens (tertiary/aromatic N) is 1. The Balaban J connectivity index is 1.97. The highest BCUT2D eigenvalue weighted by atomic mass is 32.1. The first-order valence-electron chi connectivity index (χ1n) is 6.23. The molecule has 0 radical (unpaired) electrons. The van der Waals surface area contributed by atoms with Gasteiger partial charge in [-0.15, -0.1) is 11.3 Å². The molecule has 2 heterocycles. The van der Waals surface area contributed by atoms with E-state index in [0.29, 0.717) is 19.7 Å². The van der Waals surface area contributed by atoms with E-state index in [1.807, 2.05) is 24.4 Å². The smallest absolute Gasteiger partial charge is 0.306 e. The van der Waals surface area contributed by atoms with Gasteiger partial charge in [0, 0.05) is 18.0 Å². The van der Waals surface area contributed by atoms with Crippen LogP contribution in [0.1, 0.15) is 24.1 Å². The summed E-state index contributed by atoms with van der Waals surface area (Å²) in [7, 11) is 0. The molecule has 0 aromatic carbocycles. The molecule has 1 aromatic rings. The third kappa shape index (κ3) is 3.54. The van der Waals surface area contributed by atoms with Crippen LogP contribution < -0.4 is 0 Å². The second-order valence-electron chi connectivity index (χ2n) is 4.61. The Morgan fingerprint density at radius 2 is 2.42 bits per heavy atom. The summed E-state index contributed by atoms with van der Waals surface area (Å²) in [4.78, 5) is 25.8. The molecule has 1 N–H and O–H groups in total. The van der Waals surface area contributed by atoms with Crippen molar-refractivity contribution < 1.29 is 19.4 Å². The molecule has 19 heavy (non-hydrogen) atoms. The van der Waals surface area contributed by atoms with Crippen LogP contribution in [0.3, 0.4) is 0 Å². The van der Waals surface area contributed by atoms with Crippen LogP contribution in [0.5, 0.6) is 0 Å². The molecule has 1 aliphatic rings. The summed E-state index contributed by atoms with van der Waals surface area (Å²) in [6, 6.07) is 3.87. The fraction of sp³-hybridized carbons (Fsp3) is 0.538. The third-order valence-electron chi connectivity index (χ3n) is 3.19. The first-order valence-corrected chi connectivity index (χ1v) is 7.11. The molecule has 104 valence electrons. The van der Waals surface area contributed by atoms with E-state index >= 15 is 0 Å². The summed E-state index contributed by atoms with van der Waals surface area (Å²) >= 11 is 1.56. The number of hydrogen-bond acceptors (Lipinski definition) is 4. The minimum atomic E-state index is -0.898. The van der Waals surface area contributed by atoms with Crippen LogP contribution in [-0.4, -0.2) is 47.7 Å². The lowest BCUT2D eigenvalue weighted by Gasteiger charge is -2.33. The van der Waals surface area contributed by atoms with Gasteiger partial charge in [-0.2, -0.15) is 0 Å². The molecular formula is C13H17NO4S. The molecule has 0 aliphatic carbocycles. The Bertz CT molecular complexity index is 446. The van der Waals surface area contributed by atoms with E-state index in [9.17, 15) is 9.59 Å². The topological polar surface area (TPSA) is 66.8 Å². The number of carbonyl (C=O) groups is 2. The average Bonchev–Trinajstić information content (AvgIpc) is 2.90. The van der Waals surface area contributed by atoms with Crippen molar-refractivity contribution in [3.05, 3.63) is 22.4 Å². The molecular weight excluding hydrogens is 266 g/mol.